The molecule has 24 heavy (non-hydrogen) atoms. The Hall–Kier alpha value is -2.80. The molecule has 2 aromatic carbocycles. The number of nitrogens with one attached hydrogen (secondary N) is 2. The topological polar surface area (TPSA) is 67.4 Å². The first kappa shape index (κ1) is 17.6. The van der Waals surface area contributed by atoms with Crippen molar-refractivity contribution in [1.29, 1.82) is 0 Å². The van der Waals surface area contributed by atoms with Crippen LogP contribution >= 0.6 is 0 Å². The molecule has 0 saturated carbocycles. The molecule has 0 bridgehead atoms. The smallest absolute Gasteiger partial charge is 0.255 e. The quantitative estimate of drug-likeness (QED) is 0.882. The largest absolute Gasteiger partial charge is 0.372 e. The summed E-state index contributed by atoms with van der Waals surface area (Å²) in [6.45, 7) is 1.44. The predicted molar refractivity (Wildman–Crippen MR) is 85.9 cm³/mol. The van der Waals surface area contributed by atoms with Gasteiger partial charge < -0.3 is 15.4 Å². The first-order valence-electron chi connectivity index (χ1n) is 7.12. The van der Waals surface area contributed by atoms with Crippen LogP contribution in [-0.2, 0) is 9.53 Å². The number of hydrogen-bond acceptors (Lipinski definition) is 3. The van der Waals surface area contributed by atoms with E-state index in [1.54, 1.807) is 30.3 Å². The number of hydrogen-bond donors (Lipinski definition) is 2. The van der Waals surface area contributed by atoms with E-state index in [2.05, 4.69) is 10.6 Å². The highest BCUT2D eigenvalue weighted by Gasteiger charge is 2.20. The van der Waals surface area contributed by atoms with Crippen LogP contribution < -0.4 is 10.6 Å². The molecule has 0 aromatic heterocycles. The standard InChI is InChI=1S/C17H16F2N2O3/c1-10(24-2)16(22)21-15-12(18)8-9-13(14(15)19)20-17(23)11-6-4-3-5-7-11/h3-10H,1-2H3,(H,20,23)(H,21,22)/t10-/m0/s1. The Morgan fingerprint density at radius 2 is 1.71 bits per heavy atom. The van der Waals surface area contributed by atoms with Gasteiger partial charge in [0.05, 0.1) is 5.69 Å². The van der Waals surface area contributed by atoms with Gasteiger partial charge in [0.25, 0.3) is 11.8 Å². The summed E-state index contributed by atoms with van der Waals surface area (Å²) in [5.74, 6) is -3.29. The van der Waals surface area contributed by atoms with Crippen molar-refractivity contribution in [3.8, 4) is 0 Å². The van der Waals surface area contributed by atoms with Crippen LogP contribution in [0.5, 0.6) is 0 Å². The van der Waals surface area contributed by atoms with Crippen LogP contribution in [0.3, 0.4) is 0 Å². The second-order valence-electron chi connectivity index (χ2n) is 4.97. The third-order valence-electron chi connectivity index (χ3n) is 3.35. The number of benzene rings is 2. The summed E-state index contributed by atoms with van der Waals surface area (Å²) in [6.07, 6.45) is -0.883. The van der Waals surface area contributed by atoms with Crippen LogP contribution in [0.15, 0.2) is 42.5 Å². The first-order valence-corrected chi connectivity index (χ1v) is 7.12. The maximum Gasteiger partial charge on any atom is 0.255 e. The Morgan fingerprint density at radius 3 is 2.33 bits per heavy atom. The van der Waals surface area contributed by atoms with Crippen LogP contribution in [0.25, 0.3) is 0 Å². The van der Waals surface area contributed by atoms with Crippen molar-refractivity contribution in [1.82, 2.24) is 0 Å². The zero-order valence-electron chi connectivity index (χ0n) is 13.1. The van der Waals surface area contributed by atoms with Gasteiger partial charge in [0.1, 0.15) is 17.6 Å². The fourth-order valence-corrected chi connectivity index (χ4v) is 1.88. The molecule has 0 fully saturated rings. The van der Waals surface area contributed by atoms with Crippen LogP contribution in [0.4, 0.5) is 20.2 Å². The van der Waals surface area contributed by atoms with Gasteiger partial charge in [-0.2, -0.15) is 0 Å². The number of anilines is 2. The Morgan fingerprint density at radius 1 is 1.04 bits per heavy atom. The molecule has 2 rings (SSSR count). The van der Waals surface area contributed by atoms with Crippen molar-refractivity contribution >= 4 is 23.2 Å². The van der Waals surface area contributed by atoms with E-state index in [1.807, 2.05) is 0 Å². The molecular weight excluding hydrogens is 318 g/mol. The summed E-state index contributed by atoms with van der Waals surface area (Å²) < 4.78 is 33.0. The minimum absolute atomic E-state index is 0.245. The Kier molecular flexibility index (Phi) is 5.59. The van der Waals surface area contributed by atoms with E-state index in [9.17, 15) is 18.4 Å². The molecule has 2 N–H and O–H groups in total. The lowest BCUT2D eigenvalue weighted by atomic mass is 10.2. The molecule has 0 heterocycles. The van der Waals surface area contributed by atoms with Crippen molar-refractivity contribution in [2.75, 3.05) is 17.7 Å². The van der Waals surface area contributed by atoms with Crippen LogP contribution in [0, 0.1) is 11.6 Å². The summed E-state index contributed by atoms with van der Waals surface area (Å²) in [5.41, 5.74) is -0.569. The highest BCUT2D eigenvalue weighted by Crippen LogP contribution is 2.26. The molecule has 0 aliphatic rings. The molecule has 0 unspecified atom stereocenters. The lowest BCUT2D eigenvalue weighted by Gasteiger charge is -2.14. The van der Waals surface area contributed by atoms with Gasteiger partial charge in [-0.15, -0.1) is 0 Å². The molecule has 1 atom stereocenters. The number of carbonyl (C=O) groups excluding carboxylic acids is 2. The first-order chi connectivity index (χ1) is 11.4. The molecule has 7 heteroatoms. The van der Waals surface area contributed by atoms with Gasteiger partial charge in [0.2, 0.25) is 0 Å². The predicted octanol–water partition coefficient (Wildman–Crippen LogP) is 3.19. The number of carbonyl (C=O) groups is 2. The number of ether oxygens (including phenoxy) is 1. The average Bonchev–Trinajstić information content (AvgIpc) is 2.60. The number of amides is 2. The monoisotopic (exact) mass is 334 g/mol. The zero-order valence-corrected chi connectivity index (χ0v) is 13.1. The minimum Gasteiger partial charge on any atom is -0.372 e. The maximum absolute atomic E-state index is 14.4. The second kappa shape index (κ2) is 7.65. The van der Waals surface area contributed by atoms with Crippen LogP contribution in [0.1, 0.15) is 17.3 Å². The van der Waals surface area contributed by atoms with E-state index < -0.39 is 35.2 Å². The summed E-state index contributed by atoms with van der Waals surface area (Å²) in [4.78, 5) is 23.8. The second-order valence-corrected chi connectivity index (χ2v) is 4.97. The van der Waals surface area contributed by atoms with Gasteiger partial charge in [0.15, 0.2) is 5.82 Å². The average molecular weight is 334 g/mol. The molecular formula is C17H16F2N2O3. The molecule has 126 valence electrons. The van der Waals surface area contributed by atoms with E-state index in [-0.39, 0.29) is 5.69 Å². The fourth-order valence-electron chi connectivity index (χ4n) is 1.88. The SMILES string of the molecule is CO[C@@H](C)C(=O)Nc1c(F)ccc(NC(=O)c2ccccc2)c1F. The zero-order chi connectivity index (χ0) is 17.7. The lowest BCUT2D eigenvalue weighted by molar-refractivity contribution is -0.124. The van der Waals surface area contributed by atoms with Gasteiger partial charge in [-0.25, -0.2) is 8.78 Å². The molecule has 0 saturated heterocycles. The van der Waals surface area contributed by atoms with Crippen molar-refractivity contribution in [3.63, 3.8) is 0 Å². The highest BCUT2D eigenvalue weighted by molar-refractivity contribution is 6.05. The van der Waals surface area contributed by atoms with E-state index in [0.29, 0.717) is 5.56 Å². The van der Waals surface area contributed by atoms with Gasteiger partial charge in [-0.1, -0.05) is 18.2 Å². The summed E-state index contributed by atoms with van der Waals surface area (Å²) in [7, 11) is 1.30. The molecule has 0 radical (unpaired) electrons. The normalized spacial score (nSPS) is 11.7. The van der Waals surface area contributed by atoms with Crippen molar-refractivity contribution in [2.24, 2.45) is 0 Å². The summed E-state index contributed by atoms with van der Waals surface area (Å²) in [5, 5.41) is 4.46. The van der Waals surface area contributed by atoms with Crippen LogP contribution in [0.2, 0.25) is 0 Å². The molecule has 2 amide bonds. The van der Waals surface area contributed by atoms with Crippen LogP contribution in [-0.4, -0.2) is 25.0 Å². The Labute approximate surface area is 137 Å². The third-order valence-corrected chi connectivity index (χ3v) is 3.35. The fraction of sp³-hybridized carbons (Fsp3) is 0.176. The van der Waals surface area contributed by atoms with E-state index in [1.165, 1.54) is 14.0 Å². The molecule has 2 aromatic rings. The minimum atomic E-state index is -1.07. The summed E-state index contributed by atoms with van der Waals surface area (Å²) in [6, 6.07) is 10.2. The Balaban J connectivity index is 2.25. The number of rotatable bonds is 5. The molecule has 0 aliphatic heterocycles. The summed E-state index contributed by atoms with van der Waals surface area (Å²) >= 11 is 0. The molecule has 0 spiro atoms. The van der Waals surface area contributed by atoms with Gasteiger partial charge in [-0.3, -0.25) is 9.59 Å². The lowest BCUT2D eigenvalue weighted by Crippen LogP contribution is -2.27. The van der Waals surface area contributed by atoms with Crippen molar-refractivity contribution < 1.29 is 23.1 Å². The van der Waals surface area contributed by atoms with Gasteiger partial charge >= 0.3 is 0 Å². The van der Waals surface area contributed by atoms with Gasteiger partial charge in [-0.05, 0) is 31.2 Å². The van der Waals surface area contributed by atoms with E-state index >= 15 is 0 Å². The Bertz CT molecular complexity index is 751. The van der Waals surface area contributed by atoms with E-state index in [4.69, 9.17) is 4.74 Å². The maximum atomic E-state index is 14.4. The molecule has 0 aliphatic carbocycles. The number of methoxy groups -OCH3 is 1. The highest BCUT2D eigenvalue weighted by atomic mass is 19.1. The number of halogens is 2. The van der Waals surface area contributed by atoms with Crippen molar-refractivity contribution in [2.45, 2.75) is 13.0 Å². The van der Waals surface area contributed by atoms with E-state index in [0.717, 1.165) is 12.1 Å². The van der Waals surface area contributed by atoms with Gasteiger partial charge in [0, 0.05) is 12.7 Å². The van der Waals surface area contributed by atoms with Crippen molar-refractivity contribution in [3.05, 3.63) is 59.7 Å². The third kappa shape index (κ3) is 3.94. The molecule has 5 nitrogen and oxygen atoms in total.